The molecule has 122 valence electrons. The summed E-state index contributed by atoms with van der Waals surface area (Å²) in [5.74, 6) is -0.773. The Morgan fingerprint density at radius 2 is 1.83 bits per heavy atom. The maximum absolute atomic E-state index is 12.6. The molecule has 1 saturated carbocycles. The number of ether oxygens (including phenoxy) is 1. The topological polar surface area (TPSA) is 66.9 Å². The molecule has 2 fully saturated rings. The first-order chi connectivity index (χ1) is 11.1. The number of urea groups is 1. The summed E-state index contributed by atoms with van der Waals surface area (Å²) in [5.41, 5.74) is 0.754. The molecule has 6 nitrogen and oxygen atoms in total. The molecule has 1 saturated heterocycles. The van der Waals surface area contributed by atoms with E-state index in [1.165, 1.54) is 4.90 Å². The van der Waals surface area contributed by atoms with Gasteiger partial charge in [-0.1, -0.05) is 31.4 Å². The lowest BCUT2D eigenvalue weighted by atomic mass is 9.94. The van der Waals surface area contributed by atoms with Crippen molar-refractivity contribution in [1.29, 1.82) is 0 Å². The van der Waals surface area contributed by atoms with E-state index in [2.05, 4.69) is 0 Å². The van der Waals surface area contributed by atoms with Gasteiger partial charge >= 0.3 is 17.8 Å². The van der Waals surface area contributed by atoms with Crippen LogP contribution in [0.4, 0.5) is 4.79 Å². The smallest absolute Gasteiger partial charge is 0.334 e. The average Bonchev–Trinajstić information content (AvgIpc) is 2.79. The Morgan fingerprint density at radius 3 is 2.52 bits per heavy atom. The van der Waals surface area contributed by atoms with Crippen molar-refractivity contribution in [2.24, 2.45) is 0 Å². The van der Waals surface area contributed by atoms with Gasteiger partial charge in [0.05, 0.1) is 13.7 Å². The van der Waals surface area contributed by atoms with E-state index in [0.29, 0.717) is 5.75 Å². The highest BCUT2D eigenvalue weighted by atomic mass is 16.5. The van der Waals surface area contributed by atoms with E-state index in [-0.39, 0.29) is 12.6 Å². The van der Waals surface area contributed by atoms with Gasteiger partial charge in [0.2, 0.25) is 0 Å². The third-order valence-corrected chi connectivity index (χ3v) is 4.50. The molecule has 0 unspecified atom stereocenters. The summed E-state index contributed by atoms with van der Waals surface area (Å²) in [7, 11) is 1.56. The highest BCUT2D eigenvalue weighted by Crippen LogP contribution is 2.28. The summed E-state index contributed by atoms with van der Waals surface area (Å²) < 4.78 is 5.14. The van der Waals surface area contributed by atoms with Crippen LogP contribution in [0.15, 0.2) is 24.3 Å². The fraction of sp³-hybridized carbons (Fsp3) is 0.471. The first kappa shape index (κ1) is 15.5. The van der Waals surface area contributed by atoms with Gasteiger partial charge in [-0.05, 0) is 30.5 Å². The fourth-order valence-corrected chi connectivity index (χ4v) is 3.28. The highest BCUT2D eigenvalue weighted by Gasteiger charge is 2.47. The second-order valence-corrected chi connectivity index (χ2v) is 5.99. The first-order valence-electron chi connectivity index (χ1n) is 7.94. The molecule has 23 heavy (non-hydrogen) atoms. The largest absolute Gasteiger partial charge is 0.497 e. The van der Waals surface area contributed by atoms with Crippen LogP contribution < -0.4 is 4.74 Å². The van der Waals surface area contributed by atoms with E-state index in [1.807, 2.05) is 0 Å². The molecule has 0 N–H and O–H groups in total. The molecule has 1 aromatic carbocycles. The maximum atomic E-state index is 12.6. The summed E-state index contributed by atoms with van der Waals surface area (Å²) >= 11 is 0. The van der Waals surface area contributed by atoms with Gasteiger partial charge in [0.15, 0.2) is 0 Å². The normalized spacial score (nSPS) is 19.6. The molecule has 4 amide bonds. The lowest BCUT2D eigenvalue weighted by Crippen LogP contribution is -2.42. The Hall–Kier alpha value is -2.37. The second-order valence-electron chi connectivity index (χ2n) is 5.99. The zero-order valence-electron chi connectivity index (χ0n) is 13.2. The van der Waals surface area contributed by atoms with Crippen LogP contribution in [0, 0.1) is 0 Å². The standard InChI is InChI=1S/C17H20N2O4/c1-23-14-9-5-6-12(10-14)11-18-15(20)16(21)19(17(18)22)13-7-3-2-4-8-13/h5-6,9-10,13H,2-4,7-8,11H2,1H3. The van der Waals surface area contributed by atoms with Gasteiger partial charge in [0.25, 0.3) is 0 Å². The number of benzene rings is 1. The average molecular weight is 316 g/mol. The highest BCUT2D eigenvalue weighted by molar-refractivity contribution is 6.44. The minimum Gasteiger partial charge on any atom is -0.497 e. The molecule has 1 aliphatic carbocycles. The van der Waals surface area contributed by atoms with Crippen LogP contribution in [0.25, 0.3) is 0 Å². The number of methoxy groups -OCH3 is 1. The predicted molar refractivity (Wildman–Crippen MR) is 82.7 cm³/mol. The molecule has 1 heterocycles. The van der Waals surface area contributed by atoms with Crippen molar-refractivity contribution in [1.82, 2.24) is 9.80 Å². The third kappa shape index (κ3) is 2.93. The molecule has 0 aromatic heterocycles. The summed E-state index contributed by atoms with van der Waals surface area (Å²) in [6.45, 7) is 0.0871. The van der Waals surface area contributed by atoms with E-state index in [0.717, 1.165) is 42.6 Å². The van der Waals surface area contributed by atoms with Crippen molar-refractivity contribution in [3.05, 3.63) is 29.8 Å². The van der Waals surface area contributed by atoms with Gasteiger partial charge in [-0.15, -0.1) is 0 Å². The molecule has 0 spiro atoms. The van der Waals surface area contributed by atoms with Gasteiger partial charge in [0.1, 0.15) is 5.75 Å². The van der Waals surface area contributed by atoms with Gasteiger partial charge in [-0.3, -0.25) is 19.4 Å². The van der Waals surface area contributed by atoms with Crippen LogP contribution in [0.3, 0.4) is 0 Å². The monoisotopic (exact) mass is 316 g/mol. The Bertz CT molecular complexity index is 637. The Kier molecular flexibility index (Phi) is 4.32. The number of hydrogen-bond acceptors (Lipinski definition) is 4. The number of nitrogens with zero attached hydrogens (tertiary/aromatic N) is 2. The van der Waals surface area contributed by atoms with Crippen LogP contribution >= 0.6 is 0 Å². The van der Waals surface area contributed by atoms with Crippen molar-refractivity contribution < 1.29 is 19.1 Å². The van der Waals surface area contributed by atoms with Gasteiger partial charge in [-0.2, -0.15) is 0 Å². The Labute approximate surface area is 135 Å². The quantitative estimate of drug-likeness (QED) is 0.631. The van der Waals surface area contributed by atoms with Crippen LogP contribution in [0.5, 0.6) is 5.75 Å². The molecule has 1 aromatic rings. The molecular formula is C17H20N2O4. The maximum Gasteiger partial charge on any atom is 0.334 e. The van der Waals surface area contributed by atoms with Gasteiger partial charge in [0, 0.05) is 6.04 Å². The molecule has 0 radical (unpaired) electrons. The lowest BCUT2D eigenvalue weighted by Gasteiger charge is -2.28. The molecule has 0 atom stereocenters. The second kappa shape index (κ2) is 6.40. The fourth-order valence-electron chi connectivity index (χ4n) is 3.28. The van der Waals surface area contributed by atoms with Gasteiger partial charge < -0.3 is 4.74 Å². The van der Waals surface area contributed by atoms with Crippen molar-refractivity contribution >= 4 is 17.8 Å². The number of amides is 4. The molecule has 1 aliphatic heterocycles. The van der Waals surface area contributed by atoms with E-state index in [4.69, 9.17) is 4.74 Å². The summed E-state index contributed by atoms with van der Waals surface area (Å²) in [4.78, 5) is 39.2. The number of carbonyl (C=O) groups is 3. The number of imide groups is 2. The van der Waals surface area contributed by atoms with Crippen molar-refractivity contribution in [3.8, 4) is 5.75 Å². The van der Waals surface area contributed by atoms with E-state index in [9.17, 15) is 14.4 Å². The van der Waals surface area contributed by atoms with Gasteiger partial charge in [-0.25, -0.2) is 4.79 Å². The Balaban J connectivity index is 1.78. The SMILES string of the molecule is COc1cccc(CN2C(=O)C(=O)N(C3CCCCC3)C2=O)c1. The van der Waals surface area contributed by atoms with E-state index >= 15 is 0 Å². The summed E-state index contributed by atoms with van der Waals surface area (Å²) in [6.07, 6.45) is 4.68. The molecule has 2 aliphatic rings. The van der Waals surface area contributed by atoms with Crippen LogP contribution in [0.2, 0.25) is 0 Å². The first-order valence-corrected chi connectivity index (χ1v) is 7.94. The molecule has 0 bridgehead atoms. The lowest BCUT2D eigenvalue weighted by molar-refractivity contribution is -0.144. The van der Waals surface area contributed by atoms with Crippen molar-refractivity contribution in [2.75, 3.05) is 7.11 Å². The number of rotatable bonds is 4. The summed E-state index contributed by atoms with van der Waals surface area (Å²) in [6, 6.07) is 6.51. The minimum absolute atomic E-state index is 0.0871. The van der Waals surface area contributed by atoms with Crippen LogP contribution in [-0.2, 0) is 16.1 Å². The third-order valence-electron chi connectivity index (χ3n) is 4.50. The van der Waals surface area contributed by atoms with Crippen molar-refractivity contribution in [3.63, 3.8) is 0 Å². The van der Waals surface area contributed by atoms with Crippen molar-refractivity contribution in [2.45, 2.75) is 44.7 Å². The van der Waals surface area contributed by atoms with E-state index in [1.54, 1.807) is 31.4 Å². The minimum atomic E-state index is -0.733. The molecule has 6 heteroatoms. The van der Waals surface area contributed by atoms with Crippen LogP contribution in [-0.4, -0.2) is 40.8 Å². The number of hydrogen-bond donors (Lipinski definition) is 0. The number of carbonyl (C=O) groups excluding carboxylic acids is 3. The Morgan fingerprint density at radius 1 is 1.09 bits per heavy atom. The molecular weight excluding hydrogens is 296 g/mol. The zero-order chi connectivity index (χ0) is 16.4. The summed E-state index contributed by atoms with van der Waals surface area (Å²) in [5, 5.41) is 0. The van der Waals surface area contributed by atoms with E-state index < -0.39 is 17.8 Å². The predicted octanol–water partition coefficient (Wildman–Crippen LogP) is 2.32. The molecule has 3 rings (SSSR count). The van der Waals surface area contributed by atoms with Crippen LogP contribution in [0.1, 0.15) is 37.7 Å². The zero-order valence-corrected chi connectivity index (χ0v) is 13.2.